The average Bonchev–Trinajstić information content (AvgIpc) is 3.29. The molecule has 0 radical (unpaired) electrons. The lowest BCUT2D eigenvalue weighted by molar-refractivity contribution is 0.155. The quantitative estimate of drug-likeness (QED) is 0.747. The van der Waals surface area contributed by atoms with E-state index in [1.165, 1.54) is 0 Å². The van der Waals surface area contributed by atoms with Crippen LogP contribution in [-0.2, 0) is 6.54 Å². The van der Waals surface area contributed by atoms with Crippen LogP contribution in [-0.4, -0.2) is 38.0 Å². The number of pyridine rings is 1. The number of hydrogen-bond acceptors (Lipinski definition) is 4. The van der Waals surface area contributed by atoms with Crippen LogP contribution in [0.15, 0.2) is 36.8 Å². The van der Waals surface area contributed by atoms with Gasteiger partial charge in [-0.25, -0.2) is 14.5 Å². The van der Waals surface area contributed by atoms with Crippen LogP contribution in [0.5, 0.6) is 0 Å². The van der Waals surface area contributed by atoms with Crippen LogP contribution in [0.3, 0.4) is 0 Å². The molecule has 2 aromatic rings. The fourth-order valence-electron chi connectivity index (χ4n) is 2.58. The fraction of sp³-hybridized carbons (Fsp3) is 0.438. The first-order chi connectivity index (χ1) is 11.1. The molecule has 122 valence electrons. The Labute approximate surface area is 134 Å². The zero-order valence-corrected chi connectivity index (χ0v) is 13.1. The van der Waals surface area contributed by atoms with Crippen molar-refractivity contribution in [3.63, 3.8) is 0 Å². The van der Waals surface area contributed by atoms with Crippen molar-refractivity contribution in [1.82, 2.24) is 25.4 Å². The number of amides is 2. The normalized spacial score (nSPS) is 16.6. The number of nitrogens with one attached hydrogen (secondary N) is 2. The van der Waals surface area contributed by atoms with Crippen molar-refractivity contribution in [2.24, 2.45) is 5.92 Å². The van der Waals surface area contributed by atoms with Crippen LogP contribution in [0.2, 0.25) is 0 Å². The summed E-state index contributed by atoms with van der Waals surface area (Å²) in [6, 6.07) is 5.28. The van der Waals surface area contributed by atoms with Gasteiger partial charge in [-0.3, -0.25) is 0 Å². The summed E-state index contributed by atoms with van der Waals surface area (Å²) in [5, 5.41) is 19.4. The van der Waals surface area contributed by atoms with Gasteiger partial charge in [0.2, 0.25) is 0 Å². The standard InChI is InChI=1S/C16H21N5O2/c1-16(11-22,13-3-4-13)20-15(23)18-10-12-5-7-17-14(9-12)21-8-2-6-19-21/h2,5-9,13,22H,3-4,10-11H2,1H3,(H2,18,20,23). The summed E-state index contributed by atoms with van der Waals surface area (Å²) in [7, 11) is 0. The first kappa shape index (κ1) is 15.5. The molecule has 2 amide bonds. The number of nitrogens with zero attached hydrogens (tertiary/aromatic N) is 3. The Morgan fingerprint density at radius 3 is 2.96 bits per heavy atom. The number of carbonyl (C=O) groups is 1. The van der Waals surface area contributed by atoms with Crippen LogP contribution in [0, 0.1) is 5.92 Å². The highest BCUT2D eigenvalue weighted by atomic mass is 16.3. The number of aromatic nitrogens is 3. The number of hydrogen-bond donors (Lipinski definition) is 3. The highest BCUT2D eigenvalue weighted by Crippen LogP contribution is 2.39. The maximum Gasteiger partial charge on any atom is 0.315 e. The molecule has 23 heavy (non-hydrogen) atoms. The molecule has 7 heteroatoms. The van der Waals surface area contributed by atoms with E-state index in [4.69, 9.17) is 0 Å². The van der Waals surface area contributed by atoms with Crippen molar-refractivity contribution < 1.29 is 9.90 Å². The van der Waals surface area contributed by atoms with E-state index in [1.807, 2.05) is 31.3 Å². The van der Waals surface area contributed by atoms with Gasteiger partial charge in [0.15, 0.2) is 5.82 Å². The predicted octanol–water partition coefficient (Wildman–Crippen LogP) is 1.23. The van der Waals surface area contributed by atoms with E-state index in [1.54, 1.807) is 17.1 Å². The van der Waals surface area contributed by atoms with Gasteiger partial charge in [-0.1, -0.05) is 0 Å². The predicted molar refractivity (Wildman–Crippen MR) is 84.9 cm³/mol. The first-order valence-corrected chi connectivity index (χ1v) is 7.72. The van der Waals surface area contributed by atoms with Gasteiger partial charge in [0.1, 0.15) is 0 Å². The van der Waals surface area contributed by atoms with Gasteiger partial charge >= 0.3 is 6.03 Å². The maximum absolute atomic E-state index is 12.1. The van der Waals surface area contributed by atoms with Gasteiger partial charge in [-0.05, 0) is 49.4 Å². The molecule has 3 N–H and O–H groups in total. The Bertz CT molecular complexity index is 669. The van der Waals surface area contributed by atoms with Crippen molar-refractivity contribution in [2.75, 3.05) is 6.61 Å². The van der Waals surface area contributed by atoms with E-state index in [0.29, 0.717) is 18.3 Å². The van der Waals surface area contributed by atoms with Gasteiger partial charge in [0.25, 0.3) is 0 Å². The van der Waals surface area contributed by atoms with Crippen LogP contribution in [0.4, 0.5) is 4.79 Å². The van der Waals surface area contributed by atoms with E-state index < -0.39 is 5.54 Å². The third kappa shape index (κ3) is 3.68. The summed E-state index contributed by atoms with van der Waals surface area (Å²) in [6.45, 7) is 2.21. The molecule has 1 aliphatic rings. The molecule has 0 aliphatic heterocycles. The number of aliphatic hydroxyl groups excluding tert-OH is 1. The average molecular weight is 315 g/mol. The Hall–Kier alpha value is -2.41. The minimum absolute atomic E-state index is 0.0518. The van der Waals surface area contributed by atoms with Crippen LogP contribution in [0.25, 0.3) is 5.82 Å². The lowest BCUT2D eigenvalue weighted by Gasteiger charge is -2.28. The second-order valence-electron chi connectivity index (χ2n) is 6.13. The molecular weight excluding hydrogens is 294 g/mol. The third-order valence-corrected chi connectivity index (χ3v) is 4.21. The Balaban J connectivity index is 1.58. The molecular formula is C16H21N5O2. The van der Waals surface area contributed by atoms with Crippen LogP contribution in [0.1, 0.15) is 25.3 Å². The van der Waals surface area contributed by atoms with Crippen molar-refractivity contribution in [2.45, 2.75) is 31.8 Å². The SMILES string of the molecule is CC(CO)(NC(=O)NCc1ccnc(-n2cccn2)c1)C1CC1. The lowest BCUT2D eigenvalue weighted by atomic mass is 9.97. The largest absolute Gasteiger partial charge is 0.394 e. The van der Waals surface area contributed by atoms with Crippen molar-refractivity contribution >= 4 is 6.03 Å². The zero-order chi connectivity index (χ0) is 16.3. The monoisotopic (exact) mass is 315 g/mol. The molecule has 1 fully saturated rings. The Kier molecular flexibility index (Phi) is 4.29. The molecule has 1 saturated carbocycles. The highest BCUT2D eigenvalue weighted by molar-refractivity contribution is 5.74. The second-order valence-corrected chi connectivity index (χ2v) is 6.13. The van der Waals surface area contributed by atoms with E-state index in [2.05, 4.69) is 20.7 Å². The highest BCUT2D eigenvalue weighted by Gasteiger charge is 2.42. The zero-order valence-electron chi connectivity index (χ0n) is 13.1. The van der Waals surface area contributed by atoms with E-state index >= 15 is 0 Å². The molecule has 3 rings (SSSR count). The third-order valence-electron chi connectivity index (χ3n) is 4.21. The molecule has 1 aliphatic carbocycles. The van der Waals surface area contributed by atoms with E-state index in [9.17, 15) is 9.90 Å². The van der Waals surface area contributed by atoms with Gasteiger partial charge in [-0.15, -0.1) is 0 Å². The molecule has 0 bridgehead atoms. The maximum atomic E-state index is 12.1. The van der Waals surface area contributed by atoms with Crippen molar-refractivity contribution in [3.8, 4) is 5.82 Å². The van der Waals surface area contributed by atoms with Gasteiger partial charge in [0, 0.05) is 25.1 Å². The molecule has 7 nitrogen and oxygen atoms in total. The first-order valence-electron chi connectivity index (χ1n) is 7.72. The van der Waals surface area contributed by atoms with Gasteiger partial charge in [0.05, 0.1) is 12.1 Å². The number of aliphatic hydroxyl groups is 1. The summed E-state index contributed by atoms with van der Waals surface area (Å²) >= 11 is 0. The van der Waals surface area contributed by atoms with Gasteiger partial charge in [-0.2, -0.15) is 5.10 Å². The topological polar surface area (TPSA) is 92.1 Å². The Morgan fingerprint density at radius 1 is 1.48 bits per heavy atom. The summed E-state index contributed by atoms with van der Waals surface area (Å²) in [5.74, 6) is 1.07. The van der Waals surface area contributed by atoms with Crippen molar-refractivity contribution in [3.05, 3.63) is 42.4 Å². The lowest BCUT2D eigenvalue weighted by Crippen LogP contribution is -2.53. The second kappa shape index (κ2) is 6.37. The minimum Gasteiger partial charge on any atom is -0.394 e. The molecule has 2 aromatic heterocycles. The fourth-order valence-corrected chi connectivity index (χ4v) is 2.58. The van der Waals surface area contributed by atoms with Gasteiger partial charge < -0.3 is 15.7 Å². The smallest absolute Gasteiger partial charge is 0.315 e. The summed E-state index contributed by atoms with van der Waals surface area (Å²) in [5.41, 5.74) is 0.389. The summed E-state index contributed by atoms with van der Waals surface area (Å²) < 4.78 is 1.67. The summed E-state index contributed by atoms with van der Waals surface area (Å²) in [4.78, 5) is 16.3. The molecule has 0 spiro atoms. The minimum atomic E-state index is -0.539. The molecule has 0 aromatic carbocycles. The van der Waals surface area contributed by atoms with Crippen molar-refractivity contribution in [1.29, 1.82) is 0 Å². The molecule has 1 atom stereocenters. The van der Waals surface area contributed by atoms with Crippen LogP contribution < -0.4 is 10.6 Å². The Morgan fingerprint density at radius 2 is 2.30 bits per heavy atom. The van der Waals surface area contributed by atoms with E-state index in [-0.39, 0.29) is 12.6 Å². The molecule has 1 unspecified atom stereocenters. The molecule has 2 heterocycles. The number of rotatable bonds is 6. The number of urea groups is 1. The van der Waals surface area contributed by atoms with E-state index in [0.717, 1.165) is 18.4 Å². The van der Waals surface area contributed by atoms with Crippen LogP contribution >= 0.6 is 0 Å². The summed E-state index contributed by atoms with van der Waals surface area (Å²) in [6.07, 6.45) is 7.29. The number of carbonyl (C=O) groups excluding carboxylic acids is 1. The molecule has 0 saturated heterocycles.